The lowest BCUT2D eigenvalue weighted by atomic mass is 10.2. The molecule has 3 rings (SSSR count). The molecule has 0 unspecified atom stereocenters. The molecule has 0 aliphatic heterocycles. The zero-order valence-electron chi connectivity index (χ0n) is 13.4. The molecule has 0 bridgehead atoms. The van der Waals surface area contributed by atoms with E-state index in [0.717, 1.165) is 5.69 Å². The van der Waals surface area contributed by atoms with Gasteiger partial charge in [-0.3, -0.25) is 4.79 Å². The lowest BCUT2D eigenvalue weighted by molar-refractivity contribution is -0.153. The Hall–Kier alpha value is -3.29. The second kappa shape index (κ2) is 7.30. The highest BCUT2D eigenvalue weighted by atomic mass is 19.4. The van der Waals surface area contributed by atoms with E-state index >= 15 is 0 Å². The van der Waals surface area contributed by atoms with Crippen LogP contribution in [0.4, 0.5) is 18.9 Å². The Bertz CT molecular complexity index is 858. The van der Waals surface area contributed by atoms with Gasteiger partial charge < -0.3 is 14.6 Å². The second-order valence-electron chi connectivity index (χ2n) is 5.40. The summed E-state index contributed by atoms with van der Waals surface area (Å²) in [5.74, 6) is -0.254. The number of hydrogen-bond donors (Lipinski definition) is 1. The van der Waals surface area contributed by atoms with E-state index in [0.29, 0.717) is 11.3 Å². The Kier molecular flexibility index (Phi) is 4.92. The van der Waals surface area contributed by atoms with E-state index in [2.05, 4.69) is 15.0 Å². The van der Waals surface area contributed by atoms with Gasteiger partial charge in [-0.25, -0.2) is 4.98 Å². The van der Waals surface area contributed by atoms with Gasteiger partial charge in [0.1, 0.15) is 5.75 Å². The van der Waals surface area contributed by atoms with E-state index in [9.17, 15) is 18.0 Å². The van der Waals surface area contributed by atoms with Crippen molar-refractivity contribution in [3.8, 4) is 11.4 Å². The maximum atomic E-state index is 12.2. The fourth-order valence-corrected chi connectivity index (χ4v) is 2.20. The highest BCUT2D eigenvalue weighted by Gasteiger charge is 2.28. The number of rotatable bonds is 5. The van der Waals surface area contributed by atoms with Crippen LogP contribution in [-0.2, 0) is 0 Å². The molecule has 0 atom stereocenters. The van der Waals surface area contributed by atoms with Gasteiger partial charge in [-0.15, -0.1) is 0 Å². The number of nitrogens with zero attached hydrogens (tertiary/aromatic N) is 2. The summed E-state index contributed by atoms with van der Waals surface area (Å²) in [5.41, 5.74) is 1.77. The molecule has 3 aromatic rings. The van der Waals surface area contributed by atoms with Crippen molar-refractivity contribution in [1.29, 1.82) is 0 Å². The molecule has 2 aromatic carbocycles. The Morgan fingerprint density at radius 1 is 1.08 bits per heavy atom. The number of benzene rings is 2. The molecule has 0 fully saturated rings. The molecule has 0 spiro atoms. The predicted molar refractivity (Wildman–Crippen MR) is 89.5 cm³/mol. The smallest absolute Gasteiger partial charge is 0.422 e. The third kappa shape index (κ3) is 4.62. The van der Waals surface area contributed by atoms with E-state index in [1.165, 1.54) is 24.3 Å². The van der Waals surface area contributed by atoms with Crippen LogP contribution < -0.4 is 10.1 Å². The lowest BCUT2D eigenvalue weighted by Gasteiger charge is -2.10. The van der Waals surface area contributed by atoms with Crippen LogP contribution in [0, 0.1) is 0 Å². The summed E-state index contributed by atoms with van der Waals surface area (Å²) < 4.78 is 42.8. The fraction of sp³-hybridized carbons (Fsp3) is 0.111. The van der Waals surface area contributed by atoms with E-state index in [-0.39, 0.29) is 11.7 Å². The fourth-order valence-electron chi connectivity index (χ4n) is 2.20. The molecule has 0 radical (unpaired) electrons. The predicted octanol–water partition coefficient (Wildman–Crippen LogP) is 4.07. The molecule has 1 amide bonds. The third-order valence-corrected chi connectivity index (χ3v) is 3.45. The van der Waals surface area contributed by atoms with E-state index < -0.39 is 12.8 Å². The first-order valence-electron chi connectivity index (χ1n) is 7.60. The van der Waals surface area contributed by atoms with Crippen molar-refractivity contribution in [3.63, 3.8) is 0 Å². The van der Waals surface area contributed by atoms with Gasteiger partial charge in [-0.2, -0.15) is 13.2 Å². The summed E-state index contributed by atoms with van der Waals surface area (Å²) >= 11 is 0. The van der Waals surface area contributed by atoms with Crippen LogP contribution in [0.15, 0.2) is 67.3 Å². The summed E-state index contributed by atoms with van der Waals surface area (Å²) in [5, 5.41) is 2.68. The monoisotopic (exact) mass is 361 g/mol. The van der Waals surface area contributed by atoms with Crippen LogP contribution in [0.2, 0.25) is 0 Å². The summed E-state index contributed by atoms with van der Waals surface area (Å²) in [6.45, 7) is -1.36. The first-order chi connectivity index (χ1) is 12.4. The van der Waals surface area contributed by atoms with Crippen LogP contribution in [0.25, 0.3) is 5.69 Å². The number of anilines is 1. The number of ether oxygens (including phenoxy) is 1. The Morgan fingerprint density at radius 3 is 2.35 bits per heavy atom. The molecule has 1 heterocycles. The van der Waals surface area contributed by atoms with Gasteiger partial charge in [0.15, 0.2) is 6.61 Å². The minimum Gasteiger partial charge on any atom is -0.484 e. The number of alkyl halides is 3. The lowest BCUT2D eigenvalue weighted by Crippen LogP contribution is -2.19. The average molecular weight is 361 g/mol. The van der Waals surface area contributed by atoms with E-state index in [4.69, 9.17) is 0 Å². The maximum Gasteiger partial charge on any atom is 0.422 e. The second-order valence-corrected chi connectivity index (χ2v) is 5.40. The molecular formula is C18H14F3N3O2. The van der Waals surface area contributed by atoms with Gasteiger partial charge in [0.2, 0.25) is 0 Å². The zero-order chi connectivity index (χ0) is 18.6. The molecule has 1 N–H and O–H groups in total. The maximum absolute atomic E-state index is 12.2. The largest absolute Gasteiger partial charge is 0.484 e. The molecule has 0 saturated heterocycles. The van der Waals surface area contributed by atoms with Crippen molar-refractivity contribution in [3.05, 3.63) is 72.8 Å². The van der Waals surface area contributed by atoms with Crippen molar-refractivity contribution >= 4 is 11.6 Å². The third-order valence-electron chi connectivity index (χ3n) is 3.45. The van der Waals surface area contributed by atoms with Crippen LogP contribution in [0.3, 0.4) is 0 Å². The number of carbonyl (C=O) groups is 1. The highest BCUT2D eigenvalue weighted by Crippen LogP contribution is 2.20. The van der Waals surface area contributed by atoms with E-state index in [1.54, 1.807) is 47.6 Å². The zero-order valence-corrected chi connectivity index (χ0v) is 13.4. The molecule has 5 nitrogen and oxygen atoms in total. The van der Waals surface area contributed by atoms with Gasteiger partial charge >= 0.3 is 6.18 Å². The SMILES string of the molecule is O=C(Nc1ccc(OCC(F)(F)F)cc1)c1ccc(-n2ccnc2)cc1. The minimum absolute atomic E-state index is 0.0741. The van der Waals surface area contributed by atoms with Crippen molar-refractivity contribution in [2.75, 3.05) is 11.9 Å². The first kappa shape index (κ1) is 17.5. The summed E-state index contributed by atoms with van der Waals surface area (Å²) in [4.78, 5) is 16.2. The number of amides is 1. The summed E-state index contributed by atoms with van der Waals surface area (Å²) in [6, 6.07) is 12.6. The van der Waals surface area contributed by atoms with Gasteiger partial charge in [0, 0.05) is 29.3 Å². The molecule has 0 saturated carbocycles. The minimum atomic E-state index is -4.39. The molecule has 134 valence electrons. The van der Waals surface area contributed by atoms with Gasteiger partial charge in [-0.1, -0.05) is 0 Å². The van der Waals surface area contributed by atoms with Crippen molar-refractivity contribution in [2.24, 2.45) is 0 Å². The molecule has 26 heavy (non-hydrogen) atoms. The molecule has 0 aliphatic carbocycles. The normalized spacial score (nSPS) is 11.2. The van der Waals surface area contributed by atoms with Crippen LogP contribution in [0.5, 0.6) is 5.75 Å². The standard InChI is InChI=1S/C18H14F3N3O2/c19-18(20,21)11-26-16-7-3-14(4-8-16)23-17(25)13-1-5-15(6-2-13)24-10-9-22-12-24/h1-10,12H,11H2,(H,23,25). The van der Waals surface area contributed by atoms with Gasteiger partial charge in [0.25, 0.3) is 5.91 Å². The number of aromatic nitrogens is 2. The Balaban J connectivity index is 1.61. The van der Waals surface area contributed by atoms with Gasteiger partial charge in [0.05, 0.1) is 6.33 Å². The van der Waals surface area contributed by atoms with Crippen LogP contribution in [-0.4, -0.2) is 28.2 Å². The summed E-state index contributed by atoms with van der Waals surface area (Å²) in [7, 11) is 0. The molecule has 1 aromatic heterocycles. The molecular weight excluding hydrogens is 347 g/mol. The molecule has 8 heteroatoms. The summed E-state index contributed by atoms with van der Waals surface area (Å²) in [6.07, 6.45) is 0.702. The quantitative estimate of drug-likeness (QED) is 0.745. The number of imidazole rings is 1. The van der Waals surface area contributed by atoms with Crippen LogP contribution >= 0.6 is 0 Å². The van der Waals surface area contributed by atoms with Crippen molar-refractivity contribution in [1.82, 2.24) is 9.55 Å². The number of nitrogens with one attached hydrogen (secondary N) is 1. The van der Waals surface area contributed by atoms with Crippen LogP contribution in [0.1, 0.15) is 10.4 Å². The van der Waals surface area contributed by atoms with E-state index in [1.807, 2.05) is 0 Å². The number of halogens is 3. The van der Waals surface area contributed by atoms with Crippen molar-refractivity contribution in [2.45, 2.75) is 6.18 Å². The molecule has 0 aliphatic rings. The Morgan fingerprint density at radius 2 is 1.77 bits per heavy atom. The van der Waals surface area contributed by atoms with Crippen molar-refractivity contribution < 1.29 is 22.7 Å². The number of carbonyl (C=O) groups excluding carboxylic acids is 1. The highest BCUT2D eigenvalue weighted by molar-refractivity contribution is 6.04. The Labute approximate surface area is 147 Å². The first-order valence-corrected chi connectivity index (χ1v) is 7.60. The average Bonchev–Trinajstić information content (AvgIpc) is 3.15. The topological polar surface area (TPSA) is 56.1 Å². The number of hydrogen-bond acceptors (Lipinski definition) is 3. The van der Waals surface area contributed by atoms with Gasteiger partial charge in [-0.05, 0) is 48.5 Å².